The van der Waals surface area contributed by atoms with Crippen molar-refractivity contribution in [3.05, 3.63) is 18.2 Å². The van der Waals surface area contributed by atoms with E-state index in [1.807, 2.05) is 17.8 Å². The summed E-state index contributed by atoms with van der Waals surface area (Å²) >= 11 is 0. The molecule has 0 atom stereocenters. The van der Waals surface area contributed by atoms with Crippen LogP contribution in [0.5, 0.6) is 0 Å². The normalized spacial score (nSPS) is 20.0. The first kappa shape index (κ1) is 15.7. The van der Waals surface area contributed by atoms with E-state index in [4.69, 9.17) is 11.2 Å². The molecule has 3 rings (SSSR count). The topological polar surface area (TPSA) is 72.1 Å². The quantitative estimate of drug-likeness (QED) is 0.715. The van der Waals surface area contributed by atoms with Gasteiger partial charge in [0.15, 0.2) is 11.3 Å². The second-order valence-electron chi connectivity index (χ2n) is 6.20. The van der Waals surface area contributed by atoms with Crippen LogP contribution < -0.4 is 0 Å². The number of aryl methyl sites for hydroxylation is 1. The predicted octanol–water partition coefficient (Wildman–Crippen LogP) is 1.46. The van der Waals surface area contributed by atoms with E-state index >= 15 is 0 Å². The maximum Gasteiger partial charge on any atom is 0.222 e. The molecule has 0 radical (unpaired) electrons. The molecule has 0 saturated carbocycles. The molecule has 1 amide bonds. The van der Waals surface area contributed by atoms with Gasteiger partial charge in [-0.25, -0.2) is 4.98 Å². The molecule has 122 valence electrons. The Hall–Kier alpha value is -2.20. The summed E-state index contributed by atoms with van der Waals surface area (Å²) < 4.78 is 7.59. The summed E-state index contributed by atoms with van der Waals surface area (Å²) in [7, 11) is 3.59. The Morgan fingerprint density at radius 2 is 2.17 bits per heavy atom. The van der Waals surface area contributed by atoms with Crippen molar-refractivity contribution in [2.24, 2.45) is 17.3 Å². The molecule has 0 bridgehead atoms. The molecule has 2 aliphatic heterocycles. The standard InChI is InChI=1S/C16H21N5O2/c1-4-5-7-16(18-19-16)8-6-13(22)21-11-15(12-21,23-3)14-17-9-10-20(14)2/h1,9-10H,5-8,11-12H2,2-3H3. The fourth-order valence-electron chi connectivity index (χ4n) is 3.05. The zero-order valence-corrected chi connectivity index (χ0v) is 13.5. The zero-order chi connectivity index (χ0) is 16.5. The highest BCUT2D eigenvalue weighted by molar-refractivity contribution is 5.77. The molecule has 0 aromatic carbocycles. The lowest BCUT2D eigenvalue weighted by Gasteiger charge is -2.48. The molecule has 0 unspecified atom stereocenters. The molecule has 0 spiro atoms. The Labute approximate surface area is 135 Å². The van der Waals surface area contributed by atoms with Crippen LogP contribution in [-0.2, 0) is 22.2 Å². The SMILES string of the molecule is C#CCCC1(CCC(=O)N2CC(OC)(c3nccn3C)C2)N=N1. The maximum atomic E-state index is 12.4. The Morgan fingerprint density at radius 1 is 1.43 bits per heavy atom. The Bertz CT molecular complexity index is 660. The number of rotatable bonds is 7. The van der Waals surface area contributed by atoms with Crippen molar-refractivity contribution >= 4 is 5.91 Å². The highest BCUT2D eigenvalue weighted by atomic mass is 16.5. The number of ether oxygens (including phenoxy) is 1. The summed E-state index contributed by atoms with van der Waals surface area (Å²) in [6.07, 6.45) is 11.3. The second-order valence-corrected chi connectivity index (χ2v) is 6.20. The van der Waals surface area contributed by atoms with Crippen molar-refractivity contribution in [3.8, 4) is 12.3 Å². The summed E-state index contributed by atoms with van der Waals surface area (Å²) in [4.78, 5) is 18.5. The van der Waals surface area contributed by atoms with Gasteiger partial charge >= 0.3 is 0 Å². The van der Waals surface area contributed by atoms with Gasteiger partial charge in [0.25, 0.3) is 0 Å². The Balaban J connectivity index is 1.52. The zero-order valence-electron chi connectivity index (χ0n) is 13.5. The number of amides is 1. The van der Waals surface area contributed by atoms with Gasteiger partial charge in [-0.15, -0.1) is 12.3 Å². The molecule has 2 aliphatic rings. The molecule has 7 nitrogen and oxygen atoms in total. The lowest BCUT2D eigenvalue weighted by molar-refractivity contribution is -0.167. The van der Waals surface area contributed by atoms with Gasteiger partial charge < -0.3 is 14.2 Å². The lowest BCUT2D eigenvalue weighted by Crippen LogP contribution is -2.63. The van der Waals surface area contributed by atoms with Crippen LogP contribution in [-0.4, -0.2) is 46.2 Å². The molecule has 23 heavy (non-hydrogen) atoms. The number of aromatic nitrogens is 2. The van der Waals surface area contributed by atoms with E-state index in [-0.39, 0.29) is 5.91 Å². The maximum absolute atomic E-state index is 12.4. The van der Waals surface area contributed by atoms with Gasteiger partial charge in [0, 0.05) is 52.2 Å². The summed E-state index contributed by atoms with van der Waals surface area (Å²) in [5.74, 6) is 3.54. The first-order valence-corrected chi connectivity index (χ1v) is 7.72. The molecular weight excluding hydrogens is 294 g/mol. The Morgan fingerprint density at radius 3 is 2.70 bits per heavy atom. The first-order chi connectivity index (χ1) is 11.0. The summed E-state index contributed by atoms with van der Waals surface area (Å²) in [6, 6.07) is 0. The number of imidazole rings is 1. The molecule has 0 N–H and O–H groups in total. The van der Waals surface area contributed by atoms with E-state index in [1.54, 1.807) is 18.2 Å². The van der Waals surface area contributed by atoms with E-state index in [2.05, 4.69) is 21.1 Å². The van der Waals surface area contributed by atoms with Crippen LogP contribution in [0.4, 0.5) is 0 Å². The van der Waals surface area contributed by atoms with Crippen LogP contribution >= 0.6 is 0 Å². The van der Waals surface area contributed by atoms with E-state index in [0.29, 0.717) is 32.4 Å². The van der Waals surface area contributed by atoms with Gasteiger partial charge in [0.2, 0.25) is 5.91 Å². The van der Waals surface area contributed by atoms with Gasteiger partial charge in [-0.05, 0) is 0 Å². The largest absolute Gasteiger partial charge is 0.367 e. The molecule has 7 heteroatoms. The van der Waals surface area contributed by atoms with E-state index < -0.39 is 11.3 Å². The van der Waals surface area contributed by atoms with E-state index in [9.17, 15) is 4.79 Å². The number of terminal acetylenes is 1. The fourth-order valence-corrected chi connectivity index (χ4v) is 3.05. The monoisotopic (exact) mass is 315 g/mol. The van der Waals surface area contributed by atoms with Crippen LogP contribution in [0.1, 0.15) is 31.5 Å². The van der Waals surface area contributed by atoms with Gasteiger partial charge in [0.05, 0.1) is 13.1 Å². The minimum absolute atomic E-state index is 0.101. The van der Waals surface area contributed by atoms with Gasteiger partial charge in [0.1, 0.15) is 5.82 Å². The average Bonchev–Trinajstić information content (AvgIpc) is 3.17. The van der Waals surface area contributed by atoms with Crippen molar-refractivity contribution in [1.29, 1.82) is 0 Å². The molecule has 3 heterocycles. The number of hydrogen-bond donors (Lipinski definition) is 0. The minimum Gasteiger partial charge on any atom is -0.367 e. The summed E-state index contributed by atoms with van der Waals surface area (Å²) in [5.41, 5.74) is -0.895. The van der Waals surface area contributed by atoms with Crippen molar-refractivity contribution in [3.63, 3.8) is 0 Å². The number of carbonyl (C=O) groups is 1. The molecule has 1 aromatic rings. The van der Waals surface area contributed by atoms with E-state index in [1.165, 1.54) is 0 Å². The number of nitrogens with zero attached hydrogens (tertiary/aromatic N) is 5. The van der Waals surface area contributed by atoms with Gasteiger partial charge in [-0.3, -0.25) is 4.79 Å². The molecule has 0 aliphatic carbocycles. The number of methoxy groups -OCH3 is 1. The summed E-state index contributed by atoms with van der Waals surface area (Å²) in [5, 5.41) is 8.13. The third-order valence-electron chi connectivity index (χ3n) is 4.66. The molecule has 1 aromatic heterocycles. The predicted molar refractivity (Wildman–Crippen MR) is 83.4 cm³/mol. The third-order valence-corrected chi connectivity index (χ3v) is 4.66. The van der Waals surface area contributed by atoms with Crippen LogP contribution in [0, 0.1) is 12.3 Å². The van der Waals surface area contributed by atoms with Gasteiger partial charge in [-0.2, -0.15) is 10.2 Å². The number of hydrogen-bond acceptors (Lipinski definition) is 5. The van der Waals surface area contributed by atoms with Crippen molar-refractivity contribution in [2.75, 3.05) is 20.2 Å². The second kappa shape index (κ2) is 5.78. The van der Waals surface area contributed by atoms with Gasteiger partial charge in [-0.1, -0.05) is 0 Å². The number of carbonyl (C=O) groups excluding carboxylic acids is 1. The van der Waals surface area contributed by atoms with Crippen LogP contribution in [0.25, 0.3) is 0 Å². The fraction of sp³-hybridized carbons (Fsp3) is 0.625. The van der Waals surface area contributed by atoms with Crippen LogP contribution in [0.3, 0.4) is 0 Å². The molecule has 1 saturated heterocycles. The van der Waals surface area contributed by atoms with Crippen LogP contribution in [0.2, 0.25) is 0 Å². The lowest BCUT2D eigenvalue weighted by atomic mass is 9.91. The van der Waals surface area contributed by atoms with Crippen molar-refractivity contribution in [1.82, 2.24) is 14.5 Å². The highest BCUT2D eigenvalue weighted by Crippen LogP contribution is 2.39. The smallest absolute Gasteiger partial charge is 0.222 e. The van der Waals surface area contributed by atoms with Crippen LogP contribution in [0.15, 0.2) is 22.6 Å². The van der Waals surface area contributed by atoms with Crippen molar-refractivity contribution in [2.45, 2.75) is 36.9 Å². The average molecular weight is 315 g/mol. The third kappa shape index (κ3) is 2.86. The number of likely N-dealkylation sites (tertiary alicyclic amines) is 1. The molecule has 1 fully saturated rings. The Kier molecular flexibility index (Phi) is 3.94. The highest BCUT2D eigenvalue weighted by Gasteiger charge is 2.50. The molecular formula is C16H21N5O2. The first-order valence-electron chi connectivity index (χ1n) is 7.72. The summed E-state index contributed by atoms with van der Waals surface area (Å²) in [6.45, 7) is 1.05. The van der Waals surface area contributed by atoms with E-state index in [0.717, 1.165) is 12.2 Å². The van der Waals surface area contributed by atoms with Crippen molar-refractivity contribution < 1.29 is 9.53 Å². The minimum atomic E-state index is -0.497.